The van der Waals surface area contributed by atoms with Crippen molar-refractivity contribution in [1.29, 1.82) is 5.26 Å². The molecule has 0 fully saturated rings. The third kappa shape index (κ3) is 4.34. The summed E-state index contributed by atoms with van der Waals surface area (Å²) in [6, 6.07) is 4.97. The van der Waals surface area contributed by atoms with Gasteiger partial charge < -0.3 is 19.3 Å². The predicted octanol–water partition coefficient (Wildman–Crippen LogP) is 0.406. The number of benzene rings is 1. The molecular formula is C15H19N3O6. The minimum atomic E-state index is -0.852. The van der Waals surface area contributed by atoms with Gasteiger partial charge in [-0.15, -0.1) is 0 Å². The van der Waals surface area contributed by atoms with Crippen molar-refractivity contribution in [2.24, 2.45) is 0 Å². The number of cyclic esters (lactones) is 1. The number of rotatable bonds is 5. The van der Waals surface area contributed by atoms with Crippen LogP contribution >= 0.6 is 0 Å². The van der Waals surface area contributed by atoms with Crippen LogP contribution in [0.15, 0.2) is 12.1 Å². The third-order valence-corrected chi connectivity index (χ3v) is 2.87. The van der Waals surface area contributed by atoms with Gasteiger partial charge in [0.25, 0.3) is 0 Å². The van der Waals surface area contributed by atoms with Gasteiger partial charge in [0, 0.05) is 12.2 Å². The standard InChI is InChI=1S/C13H13N3O5.C2H6O/c1-19-8-4-3-7-10(11(8)20-2)13(18)21-12(7)16-15-9(17)5-6-14;1-2-3/h3-4,12,16H,5H2,1-2H3,(H,15,17);3H,2H2,1H3. The van der Waals surface area contributed by atoms with E-state index in [0.29, 0.717) is 11.3 Å². The van der Waals surface area contributed by atoms with Crippen LogP contribution in [0.5, 0.6) is 11.5 Å². The van der Waals surface area contributed by atoms with Crippen LogP contribution in [0.2, 0.25) is 0 Å². The van der Waals surface area contributed by atoms with Gasteiger partial charge in [-0.25, -0.2) is 4.79 Å². The zero-order valence-corrected chi connectivity index (χ0v) is 13.6. The number of ether oxygens (including phenoxy) is 3. The number of carbonyl (C=O) groups is 2. The molecule has 0 spiro atoms. The van der Waals surface area contributed by atoms with Gasteiger partial charge in [0.15, 0.2) is 17.7 Å². The van der Waals surface area contributed by atoms with Crippen LogP contribution in [0.3, 0.4) is 0 Å². The number of methoxy groups -OCH3 is 2. The second-order valence-corrected chi connectivity index (χ2v) is 4.39. The molecule has 1 unspecified atom stereocenters. The predicted molar refractivity (Wildman–Crippen MR) is 82.0 cm³/mol. The van der Waals surface area contributed by atoms with Crippen molar-refractivity contribution in [1.82, 2.24) is 10.9 Å². The van der Waals surface area contributed by atoms with Gasteiger partial charge in [0.1, 0.15) is 12.0 Å². The number of hydrogen-bond acceptors (Lipinski definition) is 8. The molecule has 130 valence electrons. The lowest BCUT2D eigenvalue weighted by molar-refractivity contribution is -0.122. The zero-order valence-electron chi connectivity index (χ0n) is 13.6. The minimum Gasteiger partial charge on any atom is -0.493 e. The Labute approximate surface area is 139 Å². The highest BCUT2D eigenvalue weighted by molar-refractivity contribution is 5.98. The first-order valence-electron chi connectivity index (χ1n) is 7.01. The van der Waals surface area contributed by atoms with E-state index in [1.807, 2.05) is 0 Å². The molecule has 0 bridgehead atoms. The molecule has 1 amide bonds. The van der Waals surface area contributed by atoms with Crippen LogP contribution in [-0.2, 0) is 9.53 Å². The Bertz CT molecular complexity index is 641. The number of amides is 1. The van der Waals surface area contributed by atoms with E-state index in [9.17, 15) is 9.59 Å². The fraction of sp³-hybridized carbons (Fsp3) is 0.400. The smallest absolute Gasteiger partial charge is 0.344 e. The van der Waals surface area contributed by atoms with E-state index in [1.165, 1.54) is 14.2 Å². The molecular weight excluding hydrogens is 318 g/mol. The minimum absolute atomic E-state index is 0.240. The Morgan fingerprint density at radius 2 is 2.08 bits per heavy atom. The van der Waals surface area contributed by atoms with Crippen molar-refractivity contribution < 1.29 is 28.9 Å². The monoisotopic (exact) mass is 337 g/mol. The maximum atomic E-state index is 11.9. The lowest BCUT2D eigenvalue weighted by atomic mass is 10.1. The summed E-state index contributed by atoms with van der Waals surface area (Å²) in [4.78, 5) is 23.2. The number of nitriles is 1. The van der Waals surface area contributed by atoms with E-state index in [4.69, 9.17) is 24.6 Å². The van der Waals surface area contributed by atoms with Gasteiger partial charge in [-0.3, -0.25) is 10.2 Å². The molecule has 3 N–H and O–H groups in total. The normalized spacial score (nSPS) is 14.5. The van der Waals surface area contributed by atoms with Crippen LogP contribution in [0.25, 0.3) is 0 Å². The summed E-state index contributed by atoms with van der Waals surface area (Å²) < 4.78 is 15.4. The van der Waals surface area contributed by atoms with E-state index in [-0.39, 0.29) is 24.3 Å². The number of hydrogen-bond donors (Lipinski definition) is 3. The second-order valence-electron chi connectivity index (χ2n) is 4.39. The number of esters is 1. The second kappa shape index (κ2) is 9.34. The van der Waals surface area contributed by atoms with Crippen molar-refractivity contribution in [3.8, 4) is 17.6 Å². The topological polar surface area (TPSA) is 130 Å². The Morgan fingerprint density at radius 1 is 1.42 bits per heavy atom. The van der Waals surface area contributed by atoms with Crippen molar-refractivity contribution >= 4 is 11.9 Å². The maximum Gasteiger partial charge on any atom is 0.344 e. The number of hydrazine groups is 1. The number of nitrogens with zero attached hydrogens (tertiary/aromatic N) is 1. The molecule has 24 heavy (non-hydrogen) atoms. The molecule has 1 aromatic rings. The first-order chi connectivity index (χ1) is 11.5. The molecule has 1 aliphatic heterocycles. The van der Waals surface area contributed by atoms with E-state index in [1.54, 1.807) is 25.1 Å². The highest BCUT2D eigenvalue weighted by Gasteiger charge is 2.35. The molecule has 1 atom stereocenters. The molecule has 0 aliphatic carbocycles. The van der Waals surface area contributed by atoms with Gasteiger partial charge in [-0.1, -0.05) is 0 Å². The largest absolute Gasteiger partial charge is 0.493 e. The maximum absolute atomic E-state index is 11.9. The molecule has 2 rings (SSSR count). The van der Waals surface area contributed by atoms with Gasteiger partial charge in [-0.05, 0) is 19.1 Å². The number of fused-ring (bicyclic) bond motifs is 1. The average Bonchev–Trinajstić information content (AvgIpc) is 2.89. The Hall–Kier alpha value is -2.83. The average molecular weight is 337 g/mol. The quantitative estimate of drug-likeness (QED) is 0.520. The molecule has 1 heterocycles. The summed E-state index contributed by atoms with van der Waals surface area (Å²) in [6.45, 7) is 1.93. The summed E-state index contributed by atoms with van der Waals surface area (Å²) in [7, 11) is 2.88. The van der Waals surface area contributed by atoms with Crippen LogP contribution in [0, 0.1) is 11.3 Å². The van der Waals surface area contributed by atoms with E-state index >= 15 is 0 Å². The molecule has 0 saturated carbocycles. The first-order valence-corrected chi connectivity index (χ1v) is 7.01. The highest BCUT2D eigenvalue weighted by atomic mass is 16.6. The summed E-state index contributed by atoms with van der Waals surface area (Å²) in [6.07, 6.45) is -1.15. The van der Waals surface area contributed by atoms with Gasteiger partial charge in [-0.2, -0.15) is 10.7 Å². The lowest BCUT2D eigenvalue weighted by Crippen LogP contribution is -2.39. The molecule has 0 saturated heterocycles. The highest BCUT2D eigenvalue weighted by Crippen LogP contribution is 2.40. The fourth-order valence-electron chi connectivity index (χ4n) is 1.97. The number of nitrogens with one attached hydrogen (secondary N) is 2. The molecule has 9 heteroatoms. The SMILES string of the molecule is CCO.COc1ccc2c(c1OC)C(=O)OC2NNC(=O)CC#N. The summed E-state index contributed by atoms with van der Waals surface area (Å²) >= 11 is 0. The van der Waals surface area contributed by atoms with Gasteiger partial charge in [0.2, 0.25) is 5.91 Å². The third-order valence-electron chi connectivity index (χ3n) is 2.87. The molecule has 9 nitrogen and oxygen atoms in total. The Balaban J connectivity index is 0.000000891. The zero-order chi connectivity index (χ0) is 18.1. The molecule has 1 aromatic carbocycles. The molecule has 0 aromatic heterocycles. The van der Waals surface area contributed by atoms with Crippen molar-refractivity contribution in [3.63, 3.8) is 0 Å². The summed E-state index contributed by atoms with van der Waals surface area (Å²) in [5.41, 5.74) is 5.59. The fourth-order valence-corrected chi connectivity index (χ4v) is 1.97. The van der Waals surface area contributed by atoms with Crippen LogP contribution in [0.1, 0.15) is 35.5 Å². The first kappa shape index (κ1) is 19.2. The van der Waals surface area contributed by atoms with Crippen molar-refractivity contribution in [3.05, 3.63) is 23.3 Å². The molecule has 0 radical (unpaired) electrons. The van der Waals surface area contributed by atoms with Gasteiger partial charge in [0.05, 0.1) is 20.3 Å². The summed E-state index contributed by atoms with van der Waals surface area (Å²) in [5.74, 6) is -0.440. The number of carbonyl (C=O) groups excluding carboxylic acids is 2. The Kier molecular flexibility index (Phi) is 7.48. The van der Waals surface area contributed by atoms with Gasteiger partial charge >= 0.3 is 5.97 Å². The van der Waals surface area contributed by atoms with Crippen molar-refractivity contribution in [2.45, 2.75) is 19.6 Å². The Morgan fingerprint density at radius 3 is 2.62 bits per heavy atom. The van der Waals surface area contributed by atoms with E-state index in [0.717, 1.165) is 0 Å². The molecule has 1 aliphatic rings. The summed E-state index contributed by atoms with van der Waals surface area (Å²) in [5, 5.41) is 16.0. The van der Waals surface area contributed by atoms with Crippen LogP contribution in [0.4, 0.5) is 0 Å². The lowest BCUT2D eigenvalue weighted by Gasteiger charge is -2.14. The number of aliphatic hydroxyl groups excluding tert-OH is 1. The van der Waals surface area contributed by atoms with Crippen molar-refractivity contribution in [2.75, 3.05) is 20.8 Å². The van der Waals surface area contributed by atoms with Crippen LogP contribution < -0.4 is 20.3 Å². The van der Waals surface area contributed by atoms with E-state index < -0.39 is 18.1 Å². The van der Waals surface area contributed by atoms with E-state index in [2.05, 4.69) is 10.9 Å². The number of aliphatic hydroxyl groups is 1. The van der Waals surface area contributed by atoms with Crippen LogP contribution in [-0.4, -0.2) is 37.8 Å².